The number of nitrogens with one attached hydrogen (secondary N) is 2. The number of nitrogens with zero attached hydrogens (tertiary/aromatic N) is 2. The Morgan fingerprint density at radius 1 is 1.55 bits per heavy atom. The van der Waals surface area contributed by atoms with E-state index in [1.54, 1.807) is 0 Å². The van der Waals surface area contributed by atoms with E-state index in [1.807, 2.05) is 0 Å². The van der Waals surface area contributed by atoms with E-state index in [9.17, 15) is 24.1 Å². The summed E-state index contributed by atoms with van der Waals surface area (Å²) in [6.45, 7) is 0.464. The Hall–Kier alpha value is -2.71. The van der Waals surface area contributed by atoms with Crippen molar-refractivity contribution < 1.29 is 18.9 Å². The van der Waals surface area contributed by atoms with E-state index in [1.165, 1.54) is 6.07 Å². The zero-order valence-electron chi connectivity index (χ0n) is 10.3. The van der Waals surface area contributed by atoms with Gasteiger partial charge in [-0.2, -0.15) is 4.39 Å². The van der Waals surface area contributed by atoms with Crippen LogP contribution in [0.2, 0.25) is 0 Å². The van der Waals surface area contributed by atoms with Crippen LogP contribution in [0.3, 0.4) is 0 Å². The van der Waals surface area contributed by atoms with Gasteiger partial charge in [-0.15, -0.1) is 0 Å². The molecule has 106 valence electrons. The molecule has 1 aliphatic rings. The Balaban J connectivity index is 2.00. The number of urea groups is 1. The standard InChI is InChI=1S/C11H11FN4O4/c12-8-2-1-7(5-9(8)16(19)20)14-6-10(17)15-4-3-13-11(15)18/h1-2,5,14H,3-4,6H2,(H,13,18). The maximum absolute atomic E-state index is 13.1. The van der Waals surface area contributed by atoms with Crippen molar-refractivity contribution in [2.75, 3.05) is 25.0 Å². The molecule has 1 fully saturated rings. The van der Waals surface area contributed by atoms with Gasteiger partial charge in [-0.05, 0) is 12.1 Å². The number of hydrogen-bond acceptors (Lipinski definition) is 5. The van der Waals surface area contributed by atoms with E-state index in [2.05, 4.69) is 10.6 Å². The number of nitro groups is 1. The zero-order chi connectivity index (χ0) is 14.7. The minimum absolute atomic E-state index is 0.212. The molecule has 1 aromatic rings. The summed E-state index contributed by atoms with van der Waals surface area (Å²) < 4.78 is 13.1. The molecule has 0 radical (unpaired) electrons. The minimum atomic E-state index is -0.953. The van der Waals surface area contributed by atoms with Crippen molar-refractivity contribution in [2.45, 2.75) is 0 Å². The third-order valence-electron chi connectivity index (χ3n) is 2.74. The zero-order valence-corrected chi connectivity index (χ0v) is 10.3. The molecule has 3 amide bonds. The first kappa shape index (κ1) is 13.7. The third kappa shape index (κ3) is 2.82. The molecule has 1 aliphatic heterocycles. The molecule has 0 aliphatic carbocycles. The van der Waals surface area contributed by atoms with Gasteiger partial charge < -0.3 is 10.6 Å². The molecular weight excluding hydrogens is 271 g/mol. The van der Waals surface area contributed by atoms with E-state index in [0.29, 0.717) is 6.54 Å². The molecule has 1 aromatic carbocycles. The topological polar surface area (TPSA) is 105 Å². The van der Waals surface area contributed by atoms with Crippen molar-refractivity contribution in [1.82, 2.24) is 10.2 Å². The summed E-state index contributed by atoms with van der Waals surface area (Å²) in [5.41, 5.74) is -0.451. The summed E-state index contributed by atoms with van der Waals surface area (Å²) in [5.74, 6) is -1.42. The fourth-order valence-corrected chi connectivity index (χ4v) is 1.75. The molecule has 0 bridgehead atoms. The van der Waals surface area contributed by atoms with Crippen LogP contribution < -0.4 is 10.6 Å². The van der Waals surface area contributed by atoms with Crippen LogP contribution in [-0.2, 0) is 4.79 Å². The normalized spacial score (nSPS) is 14.1. The molecule has 0 atom stereocenters. The van der Waals surface area contributed by atoms with Gasteiger partial charge in [0.2, 0.25) is 11.7 Å². The van der Waals surface area contributed by atoms with Crippen LogP contribution in [0.5, 0.6) is 0 Å². The summed E-state index contributed by atoms with van der Waals surface area (Å²) in [6.07, 6.45) is 0. The average molecular weight is 282 g/mol. The molecule has 0 saturated carbocycles. The lowest BCUT2D eigenvalue weighted by Gasteiger charge is -2.13. The van der Waals surface area contributed by atoms with Gasteiger partial charge in [0.25, 0.3) is 0 Å². The first-order valence-electron chi connectivity index (χ1n) is 5.75. The predicted octanol–water partition coefficient (Wildman–Crippen LogP) is 0.698. The Morgan fingerprint density at radius 2 is 2.30 bits per heavy atom. The number of carbonyl (C=O) groups excluding carboxylic acids is 2. The van der Waals surface area contributed by atoms with Crippen molar-refractivity contribution in [3.63, 3.8) is 0 Å². The highest BCUT2D eigenvalue weighted by molar-refractivity contribution is 5.97. The number of amides is 3. The monoisotopic (exact) mass is 282 g/mol. The van der Waals surface area contributed by atoms with Crippen molar-refractivity contribution in [3.8, 4) is 0 Å². The molecule has 0 unspecified atom stereocenters. The van der Waals surface area contributed by atoms with Gasteiger partial charge in [0.05, 0.1) is 11.5 Å². The van der Waals surface area contributed by atoms with Crippen molar-refractivity contribution in [3.05, 3.63) is 34.1 Å². The van der Waals surface area contributed by atoms with Crippen LogP contribution in [-0.4, -0.2) is 41.4 Å². The van der Waals surface area contributed by atoms with Gasteiger partial charge in [-0.1, -0.05) is 0 Å². The van der Waals surface area contributed by atoms with Gasteiger partial charge in [-0.25, -0.2) is 4.79 Å². The number of imide groups is 1. The highest BCUT2D eigenvalue weighted by Gasteiger charge is 2.25. The number of anilines is 1. The lowest BCUT2D eigenvalue weighted by molar-refractivity contribution is -0.387. The largest absolute Gasteiger partial charge is 0.376 e. The number of benzene rings is 1. The SMILES string of the molecule is O=C(CNc1ccc(F)c([N+](=O)[O-])c1)N1CCNC1=O. The summed E-state index contributed by atoms with van der Waals surface area (Å²) in [7, 11) is 0. The Labute approximate surface area is 112 Å². The van der Waals surface area contributed by atoms with Crippen molar-refractivity contribution in [2.24, 2.45) is 0 Å². The number of halogens is 1. The second-order valence-electron chi connectivity index (χ2n) is 4.05. The summed E-state index contributed by atoms with van der Waals surface area (Å²) in [6, 6.07) is 2.74. The number of hydrogen-bond donors (Lipinski definition) is 2. The van der Waals surface area contributed by atoms with Crippen LogP contribution in [0.4, 0.5) is 20.6 Å². The highest BCUT2D eigenvalue weighted by atomic mass is 19.1. The van der Waals surface area contributed by atoms with Crippen LogP contribution in [0.25, 0.3) is 0 Å². The molecule has 1 heterocycles. The summed E-state index contributed by atoms with van der Waals surface area (Å²) in [4.78, 5) is 33.7. The molecule has 2 rings (SSSR count). The Morgan fingerprint density at radius 3 is 2.90 bits per heavy atom. The fourth-order valence-electron chi connectivity index (χ4n) is 1.75. The van der Waals surface area contributed by atoms with Gasteiger partial charge in [0.1, 0.15) is 0 Å². The first-order valence-corrected chi connectivity index (χ1v) is 5.75. The van der Waals surface area contributed by atoms with Crippen LogP contribution >= 0.6 is 0 Å². The molecule has 0 spiro atoms. The van der Waals surface area contributed by atoms with Crippen LogP contribution in [0, 0.1) is 15.9 Å². The maximum atomic E-state index is 13.1. The highest BCUT2D eigenvalue weighted by Crippen LogP contribution is 2.21. The number of nitro benzene ring substituents is 1. The minimum Gasteiger partial charge on any atom is -0.376 e. The Bertz CT molecular complexity index is 578. The van der Waals surface area contributed by atoms with E-state index < -0.39 is 28.4 Å². The molecule has 8 nitrogen and oxygen atoms in total. The van der Waals surface area contributed by atoms with Gasteiger partial charge in [0.15, 0.2) is 0 Å². The second kappa shape index (κ2) is 5.51. The lowest BCUT2D eigenvalue weighted by atomic mass is 10.2. The van der Waals surface area contributed by atoms with Gasteiger partial charge in [0, 0.05) is 24.8 Å². The molecule has 20 heavy (non-hydrogen) atoms. The van der Waals surface area contributed by atoms with E-state index >= 15 is 0 Å². The maximum Gasteiger partial charge on any atom is 0.324 e. The van der Waals surface area contributed by atoms with Crippen molar-refractivity contribution in [1.29, 1.82) is 0 Å². The van der Waals surface area contributed by atoms with Crippen molar-refractivity contribution >= 4 is 23.3 Å². The first-order chi connectivity index (χ1) is 9.49. The lowest BCUT2D eigenvalue weighted by Crippen LogP contribution is -2.38. The van der Waals surface area contributed by atoms with E-state index in [0.717, 1.165) is 17.0 Å². The third-order valence-corrected chi connectivity index (χ3v) is 2.74. The van der Waals surface area contributed by atoms with E-state index in [-0.39, 0.29) is 18.8 Å². The number of carbonyl (C=O) groups is 2. The summed E-state index contributed by atoms with van der Waals surface area (Å²) >= 11 is 0. The number of rotatable bonds is 4. The molecular formula is C11H11FN4O4. The van der Waals surface area contributed by atoms with Gasteiger partial charge >= 0.3 is 11.7 Å². The fraction of sp³-hybridized carbons (Fsp3) is 0.273. The van der Waals surface area contributed by atoms with Gasteiger partial charge in [-0.3, -0.25) is 19.8 Å². The smallest absolute Gasteiger partial charge is 0.324 e. The summed E-state index contributed by atoms with van der Waals surface area (Å²) in [5, 5.41) is 15.7. The predicted molar refractivity (Wildman–Crippen MR) is 66.7 cm³/mol. The molecule has 1 saturated heterocycles. The molecule has 2 N–H and O–H groups in total. The molecule has 9 heteroatoms. The van der Waals surface area contributed by atoms with Crippen LogP contribution in [0.15, 0.2) is 18.2 Å². The van der Waals surface area contributed by atoms with E-state index in [4.69, 9.17) is 0 Å². The molecule has 0 aromatic heterocycles. The second-order valence-corrected chi connectivity index (χ2v) is 4.05. The average Bonchev–Trinajstić information content (AvgIpc) is 2.83. The Kier molecular flexibility index (Phi) is 3.78. The quantitative estimate of drug-likeness (QED) is 0.624. The van der Waals surface area contributed by atoms with Crippen LogP contribution in [0.1, 0.15) is 0 Å².